The number of hydrogen-bond acceptors (Lipinski definition) is 2. The highest BCUT2D eigenvalue weighted by atomic mass is 16.5. The molecule has 2 aliphatic carbocycles. The summed E-state index contributed by atoms with van der Waals surface area (Å²) in [6.07, 6.45) is 4.70. The van der Waals surface area contributed by atoms with Gasteiger partial charge in [0, 0.05) is 25.7 Å². The third-order valence-corrected chi connectivity index (χ3v) is 3.26. The Bertz CT molecular complexity index is 226. The molecule has 2 aliphatic rings. The second kappa shape index (κ2) is 4.97. The molecule has 3 nitrogen and oxygen atoms in total. The molecule has 0 unspecified atom stereocenters. The van der Waals surface area contributed by atoms with E-state index < -0.39 is 0 Å². The van der Waals surface area contributed by atoms with Gasteiger partial charge < -0.3 is 10.1 Å². The first-order chi connectivity index (χ1) is 7.27. The van der Waals surface area contributed by atoms with Crippen molar-refractivity contribution in [1.29, 1.82) is 0 Å². The van der Waals surface area contributed by atoms with E-state index in [2.05, 4.69) is 12.2 Å². The Hall–Kier alpha value is -0.570. The van der Waals surface area contributed by atoms with E-state index in [0.717, 1.165) is 38.5 Å². The van der Waals surface area contributed by atoms with Gasteiger partial charge in [-0.2, -0.15) is 0 Å². The average Bonchev–Trinajstić information content (AvgIpc) is 3.07. The van der Waals surface area contributed by atoms with Crippen molar-refractivity contribution in [1.82, 2.24) is 5.32 Å². The van der Waals surface area contributed by atoms with Crippen molar-refractivity contribution >= 4 is 5.91 Å². The minimum Gasteiger partial charge on any atom is -0.381 e. The molecule has 2 rings (SSSR count). The van der Waals surface area contributed by atoms with E-state index in [-0.39, 0.29) is 5.91 Å². The molecule has 3 heteroatoms. The summed E-state index contributed by atoms with van der Waals surface area (Å²) in [5.74, 6) is 1.99. The number of amides is 1. The molecule has 15 heavy (non-hydrogen) atoms. The lowest BCUT2D eigenvalue weighted by Gasteiger charge is -2.05. The molecule has 0 aliphatic heterocycles. The Morgan fingerprint density at radius 3 is 2.80 bits per heavy atom. The van der Waals surface area contributed by atoms with Gasteiger partial charge in [0.05, 0.1) is 0 Å². The van der Waals surface area contributed by atoms with Gasteiger partial charge in [0.1, 0.15) is 0 Å². The molecular weight excluding hydrogens is 190 g/mol. The number of ether oxygens (including phenoxy) is 1. The smallest absolute Gasteiger partial charge is 0.223 e. The van der Waals surface area contributed by atoms with Crippen molar-refractivity contribution in [2.75, 3.05) is 19.8 Å². The van der Waals surface area contributed by atoms with Gasteiger partial charge in [-0.1, -0.05) is 6.92 Å². The molecule has 0 bridgehead atoms. The molecule has 2 saturated carbocycles. The number of carbonyl (C=O) groups excluding carboxylic acids is 1. The van der Waals surface area contributed by atoms with Crippen LogP contribution < -0.4 is 5.32 Å². The number of hydrogen-bond donors (Lipinski definition) is 1. The van der Waals surface area contributed by atoms with E-state index in [1.165, 1.54) is 12.8 Å². The highest BCUT2D eigenvalue weighted by Crippen LogP contribution is 2.37. The van der Waals surface area contributed by atoms with Crippen LogP contribution in [0.15, 0.2) is 0 Å². The third-order valence-electron chi connectivity index (χ3n) is 3.26. The second-order valence-corrected chi connectivity index (χ2v) is 4.98. The third kappa shape index (κ3) is 3.82. The van der Waals surface area contributed by atoms with Gasteiger partial charge in [-0.05, 0) is 37.5 Å². The summed E-state index contributed by atoms with van der Waals surface area (Å²) >= 11 is 0. The van der Waals surface area contributed by atoms with Crippen LogP contribution in [0.5, 0.6) is 0 Å². The number of nitrogens with one attached hydrogen (secondary N) is 1. The van der Waals surface area contributed by atoms with Crippen LogP contribution in [0.2, 0.25) is 0 Å². The van der Waals surface area contributed by atoms with E-state index in [1.807, 2.05) is 0 Å². The predicted octanol–water partition coefficient (Wildman–Crippen LogP) is 1.58. The average molecular weight is 211 g/mol. The zero-order chi connectivity index (χ0) is 10.7. The van der Waals surface area contributed by atoms with Gasteiger partial charge in [0.25, 0.3) is 0 Å². The Balaban J connectivity index is 1.39. The zero-order valence-electron chi connectivity index (χ0n) is 9.50. The van der Waals surface area contributed by atoms with Gasteiger partial charge in [0.15, 0.2) is 0 Å². The van der Waals surface area contributed by atoms with Crippen molar-refractivity contribution in [2.45, 2.75) is 32.6 Å². The summed E-state index contributed by atoms with van der Waals surface area (Å²) in [5, 5.41) is 2.96. The fourth-order valence-electron chi connectivity index (χ4n) is 1.74. The van der Waals surface area contributed by atoms with E-state index in [0.29, 0.717) is 11.8 Å². The van der Waals surface area contributed by atoms with Crippen molar-refractivity contribution < 1.29 is 9.53 Å². The lowest BCUT2D eigenvalue weighted by Crippen LogP contribution is -2.27. The molecule has 1 N–H and O–H groups in total. The molecule has 0 radical (unpaired) electrons. The SMILES string of the molecule is C[C@H]1C[C@H]1C(=O)NCCCOCC1CC1. The Morgan fingerprint density at radius 1 is 1.47 bits per heavy atom. The molecular formula is C12H21NO2. The predicted molar refractivity (Wildman–Crippen MR) is 58.4 cm³/mol. The normalized spacial score (nSPS) is 28.9. The quantitative estimate of drug-likeness (QED) is 0.649. The molecule has 0 spiro atoms. The largest absolute Gasteiger partial charge is 0.381 e. The summed E-state index contributed by atoms with van der Waals surface area (Å²) < 4.78 is 5.49. The fourth-order valence-corrected chi connectivity index (χ4v) is 1.74. The molecule has 0 aromatic carbocycles. The zero-order valence-corrected chi connectivity index (χ0v) is 9.50. The van der Waals surface area contributed by atoms with Gasteiger partial charge >= 0.3 is 0 Å². The van der Waals surface area contributed by atoms with Crippen LogP contribution in [0.25, 0.3) is 0 Å². The molecule has 0 aromatic heterocycles. The lowest BCUT2D eigenvalue weighted by molar-refractivity contribution is -0.122. The topological polar surface area (TPSA) is 38.3 Å². The van der Waals surface area contributed by atoms with E-state index in [4.69, 9.17) is 4.74 Å². The van der Waals surface area contributed by atoms with E-state index in [9.17, 15) is 4.79 Å². The maximum Gasteiger partial charge on any atom is 0.223 e. The monoisotopic (exact) mass is 211 g/mol. The van der Waals surface area contributed by atoms with Crippen LogP contribution in [-0.4, -0.2) is 25.7 Å². The molecule has 0 heterocycles. The van der Waals surface area contributed by atoms with Crippen molar-refractivity contribution in [3.8, 4) is 0 Å². The van der Waals surface area contributed by atoms with Gasteiger partial charge in [-0.3, -0.25) is 4.79 Å². The molecule has 2 fully saturated rings. The van der Waals surface area contributed by atoms with Crippen LogP contribution in [0.1, 0.15) is 32.6 Å². The minimum atomic E-state index is 0.240. The maximum atomic E-state index is 11.4. The highest BCUT2D eigenvalue weighted by Gasteiger charge is 2.38. The Morgan fingerprint density at radius 2 is 2.20 bits per heavy atom. The molecule has 1 amide bonds. The summed E-state index contributed by atoms with van der Waals surface area (Å²) in [6.45, 7) is 4.61. The molecule has 2 atom stereocenters. The summed E-state index contributed by atoms with van der Waals surface area (Å²) in [4.78, 5) is 11.4. The maximum absolute atomic E-state index is 11.4. The first kappa shape index (κ1) is 10.9. The summed E-state index contributed by atoms with van der Waals surface area (Å²) in [5.41, 5.74) is 0. The minimum absolute atomic E-state index is 0.240. The van der Waals surface area contributed by atoms with Crippen LogP contribution in [0.3, 0.4) is 0 Å². The van der Waals surface area contributed by atoms with Crippen LogP contribution >= 0.6 is 0 Å². The van der Waals surface area contributed by atoms with Crippen molar-refractivity contribution in [3.63, 3.8) is 0 Å². The molecule has 0 saturated heterocycles. The fraction of sp³-hybridized carbons (Fsp3) is 0.917. The van der Waals surface area contributed by atoms with E-state index >= 15 is 0 Å². The first-order valence-corrected chi connectivity index (χ1v) is 6.13. The van der Waals surface area contributed by atoms with Gasteiger partial charge in [0.2, 0.25) is 5.91 Å². The summed E-state index contributed by atoms with van der Waals surface area (Å²) in [7, 11) is 0. The van der Waals surface area contributed by atoms with Gasteiger partial charge in [-0.25, -0.2) is 0 Å². The second-order valence-electron chi connectivity index (χ2n) is 4.98. The van der Waals surface area contributed by atoms with Crippen molar-refractivity contribution in [2.24, 2.45) is 17.8 Å². The van der Waals surface area contributed by atoms with Crippen LogP contribution in [-0.2, 0) is 9.53 Å². The highest BCUT2D eigenvalue weighted by molar-refractivity contribution is 5.81. The first-order valence-electron chi connectivity index (χ1n) is 6.13. The number of carbonyl (C=O) groups is 1. The molecule has 0 aromatic rings. The van der Waals surface area contributed by atoms with Crippen LogP contribution in [0, 0.1) is 17.8 Å². The number of rotatable bonds is 7. The lowest BCUT2D eigenvalue weighted by atomic mass is 10.3. The summed E-state index contributed by atoms with van der Waals surface area (Å²) in [6, 6.07) is 0. The Kier molecular flexibility index (Phi) is 3.62. The Labute approximate surface area is 91.6 Å². The van der Waals surface area contributed by atoms with Crippen molar-refractivity contribution in [3.05, 3.63) is 0 Å². The van der Waals surface area contributed by atoms with Crippen LogP contribution in [0.4, 0.5) is 0 Å². The van der Waals surface area contributed by atoms with Gasteiger partial charge in [-0.15, -0.1) is 0 Å². The molecule has 86 valence electrons. The van der Waals surface area contributed by atoms with E-state index in [1.54, 1.807) is 0 Å². The standard InChI is InChI=1S/C12H21NO2/c1-9-7-11(9)12(14)13-5-2-6-15-8-10-3-4-10/h9-11H,2-8H2,1H3,(H,13,14)/t9-,11+/m0/s1.